The predicted octanol–water partition coefficient (Wildman–Crippen LogP) is 2.49. The fourth-order valence-corrected chi connectivity index (χ4v) is 7.11. The summed E-state index contributed by atoms with van der Waals surface area (Å²) >= 11 is 0. The number of nitrogens with one attached hydrogen (secondary N) is 1. The highest BCUT2D eigenvalue weighted by molar-refractivity contribution is 6.37. The summed E-state index contributed by atoms with van der Waals surface area (Å²) < 4.78 is 11.3. The van der Waals surface area contributed by atoms with Crippen LogP contribution in [-0.4, -0.2) is 83.8 Å². The number of hydrogen-bond acceptors (Lipinski definition) is 8. The van der Waals surface area contributed by atoms with E-state index in [-0.39, 0.29) is 59.9 Å². The van der Waals surface area contributed by atoms with Crippen molar-refractivity contribution in [1.29, 1.82) is 0 Å². The van der Waals surface area contributed by atoms with Crippen LogP contribution in [-0.2, 0) is 48.3 Å². The fraction of sp³-hybridized carbons (Fsp3) is 0.405. The number of piperidine rings is 2. The van der Waals surface area contributed by atoms with Gasteiger partial charge in [0, 0.05) is 56.4 Å². The number of likely N-dealkylation sites (tertiary alicyclic amines) is 2. The molecule has 4 heterocycles. The van der Waals surface area contributed by atoms with Crippen molar-refractivity contribution in [2.45, 2.75) is 56.6 Å². The normalized spacial score (nSPS) is 27.4. The minimum absolute atomic E-state index is 0.0117. The first-order chi connectivity index (χ1) is 22.9. The number of nitrogens with two attached hydrogens (primary N) is 1. The molecule has 2 amide bonds. The van der Waals surface area contributed by atoms with Gasteiger partial charge in [-0.1, -0.05) is 91.0 Å². The van der Waals surface area contributed by atoms with Crippen molar-refractivity contribution in [2.24, 2.45) is 17.6 Å². The van der Waals surface area contributed by atoms with Crippen LogP contribution in [0.3, 0.4) is 0 Å². The molecule has 4 fully saturated rings. The van der Waals surface area contributed by atoms with Crippen molar-refractivity contribution in [1.82, 2.24) is 15.1 Å². The lowest BCUT2D eigenvalue weighted by Crippen LogP contribution is -2.62. The topological polar surface area (TPSA) is 131 Å². The van der Waals surface area contributed by atoms with Gasteiger partial charge in [-0.2, -0.15) is 0 Å². The Labute approximate surface area is 275 Å². The average molecular weight is 639 g/mol. The van der Waals surface area contributed by atoms with E-state index < -0.39 is 5.91 Å². The fourth-order valence-electron chi connectivity index (χ4n) is 7.11. The van der Waals surface area contributed by atoms with E-state index in [1.54, 1.807) is 9.80 Å². The van der Waals surface area contributed by atoms with Gasteiger partial charge in [0.25, 0.3) is 11.8 Å². The lowest BCUT2D eigenvalue weighted by atomic mass is 9.81. The first kappa shape index (κ1) is 32.7. The highest BCUT2D eigenvalue weighted by Crippen LogP contribution is 2.32. The second-order valence-electron chi connectivity index (χ2n) is 12.8. The summed E-state index contributed by atoms with van der Waals surface area (Å²) in [6.45, 7) is 3.57. The molecule has 47 heavy (non-hydrogen) atoms. The molecular weight excluding hydrogens is 596 g/mol. The van der Waals surface area contributed by atoms with Gasteiger partial charge in [-0.3, -0.25) is 19.2 Å². The average Bonchev–Trinajstić information content (AvgIpc) is 3.10. The van der Waals surface area contributed by atoms with Crippen molar-refractivity contribution < 1.29 is 28.7 Å². The van der Waals surface area contributed by atoms with Gasteiger partial charge in [0.1, 0.15) is 0 Å². The molecule has 4 aliphatic rings. The Balaban J connectivity index is 0.000000172. The Kier molecular flexibility index (Phi) is 10.5. The Hall–Kier alpha value is -4.22. The molecule has 3 N–H and O–H groups in total. The van der Waals surface area contributed by atoms with Crippen molar-refractivity contribution in [3.05, 3.63) is 108 Å². The Morgan fingerprint density at radius 1 is 0.596 bits per heavy atom. The van der Waals surface area contributed by atoms with Crippen LogP contribution < -0.4 is 11.1 Å². The maximum absolute atomic E-state index is 12.6. The van der Waals surface area contributed by atoms with Gasteiger partial charge < -0.3 is 30.3 Å². The molecule has 0 aliphatic carbocycles. The molecule has 10 heteroatoms. The summed E-state index contributed by atoms with van der Waals surface area (Å²) in [7, 11) is 0. The molecule has 4 aliphatic heterocycles. The molecule has 246 valence electrons. The largest absolute Gasteiger partial charge is 0.378 e. The third-order valence-electron chi connectivity index (χ3n) is 9.68. The van der Waals surface area contributed by atoms with E-state index >= 15 is 0 Å². The summed E-state index contributed by atoms with van der Waals surface area (Å²) in [5, 5.41) is 3.54. The lowest BCUT2D eigenvalue weighted by molar-refractivity contribution is -0.159. The number of carbonyl (C=O) groups is 4. The van der Waals surface area contributed by atoms with Crippen LogP contribution in [0, 0.1) is 11.8 Å². The first-order valence-corrected chi connectivity index (χ1v) is 16.3. The van der Waals surface area contributed by atoms with E-state index in [0.29, 0.717) is 45.9 Å². The summed E-state index contributed by atoms with van der Waals surface area (Å²) in [4.78, 5) is 52.4. The monoisotopic (exact) mass is 638 g/mol. The minimum Gasteiger partial charge on any atom is -0.378 e. The number of benzene rings is 3. The van der Waals surface area contributed by atoms with E-state index in [9.17, 15) is 19.2 Å². The zero-order valence-corrected chi connectivity index (χ0v) is 26.4. The number of Topliss-reactive ketones (excluding diaryl/α,β-unsaturated/α-hetero) is 2. The minimum atomic E-state index is -0.409. The Bertz CT molecular complexity index is 1540. The van der Waals surface area contributed by atoms with E-state index in [2.05, 4.69) is 17.4 Å². The van der Waals surface area contributed by atoms with E-state index in [4.69, 9.17) is 15.2 Å². The second-order valence-corrected chi connectivity index (χ2v) is 12.8. The highest BCUT2D eigenvalue weighted by Gasteiger charge is 2.47. The number of hydrogen-bond donors (Lipinski definition) is 2. The van der Waals surface area contributed by atoms with Crippen LogP contribution in [0.2, 0.25) is 0 Å². The lowest BCUT2D eigenvalue weighted by Gasteiger charge is -2.46. The van der Waals surface area contributed by atoms with Crippen molar-refractivity contribution in [3.8, 4) is 0 Å². The van der Waals surface area contributed by atoms with Crippen molar-refractivity contribution >= 4 is 23.4 Å². The van der Waals surface area contributed by atoms with E-state index in [1.807, 2.05) is 78.9 Å². The van der Waals surface area contributed by atoms with Crippen LogP contribution in [0.4, 0.5) is 0 Å². The van der Waals surface area contributed by atoms with Gasteiger partial charge in [0.15, 0.2) is 0 Å². The van der Waals surface area contributed by atoms with Crippen LogP contribution in [0.5, 0.6) is 0 Å². The molecule has 0 unspecified atom stereocenters. The van der Waals surface area contributed by atoms with Crippen LogP contribution >= 0.6 is 0 Å². The maximum Gasteiger partial charge on any atom is 0.290 e. The van der Waals surface area contributed by atoms with Gasteiger partial charge in [0.2, 0.25) is 11.6 Å². The van der Waals surface area contributed by atoms with Gasteiger partial charge >= 0.3 is 0 Å². The van der Waals surface area contributed by atoms with Crippen molar-refractivity contribution in [2.75, 3.05) is 26.4 Å². The molecular formula is C37H42N4O6. The number of amides is 2. The number of ketones is 2. The van der Waals surface area contributed by atoms with Gasteiger partial charge in [0.05, 0.1) is 38.5 Å². The molecule has 0 radical (unpaired) electrons. The second kappa shape index (κ2) is 15.1. The summed E-state index contributed by atoms with van der Waals surface area (Å²) in [6.07, 6.45) is 0.546. The molecule has 0 bridgehead atoms. The first-order valence-electron chi connectivity index (χ1n) is 16.3. The highest BCUT2D eigenvalue weighted by atomic mass is 16.5. The smallest absolute Gasteiger partial charge is 0.290 e. The van der Waals surface area contributed by atoms with Crippen LogP contribution in [0.25, 0.3) is 0 Å². The molecule has 7 rings (SSSR count). The van der Waals surface area contributed by atoms with E-state index in [0.717, 1.165) is 17.7 Å². The van der Waals surface area contributed by atoms with Gasteiger partial charge in [-0.25, -0.2) is 0 Å². The van der Waals surface area contributed by atoms with Gasteiger partial charge in [-0.05, 0) is 16.7 Å². The maximum atomic E-state index is 12.6. The molecule has 10 nitrogen and oxygen atoms in total. The standard InChI is InChI=1S/C22H24N2O3.C15H18N2O3/c25-21-11-18-19(23-12-16-7-3-1-4-8-16)14-27-15-20(18)24(22(21)26)13-17-9-5-2-6-10-17;16-12-8-20-9-13-11(12)6-14(18)15(19)17(13)7-10-4-2-1-3-5-10/h1-10,18-20,23H,11-15H2;1-5,11-13H,6-9,16H2/t18-,19+,20-;11-,12+,13-/m11/s1. The van der Waals surface area contributed by atoms with E-state index in [1.165, 1.54) is 5.56 Å². The number of fused-ring (bicyclic) bond motifs is 2. The summed E-state index contributed by atoms with van der Waals surface area (Å²) in [5.74, 6) is -1.32. The molecule has 3 aromatic carbocycles. The number of nitrogens with zero attached hydrogens (tertiary/aromatic N) is 2. The number of carbonyl (C=O) groups excluding carboxylic acids is 4. The molecule has 0 spiro atoms. The molecule has 4 saturated heterocycles. The van der Waals surface area contributed by atoms with Crippen LogP contribution in [0.15, 0.2) is 91.0 Å². The Morgan fingerprint density at radius 2 is 1.04 bits per heavy atom. The summed E-state index contributed by atoms with van der Waals surface area (Å²) in [5.41, 5.74) is 9.27. The number of rotatable bonds is 7. The summed E-state index contributed by atoms with van der Waals surface area (Å²) in [6, 6.07) is 29.4. The van der Waals surface area contributed by atoms with Gasteiger partial charge in [-0.15, -0.1) is 0 Å². The molecule has 3 aromatic rings. The zero-order chi connectivity index (χ0) is 32.8. The SMILES string of the molecule is N[C@H]1COC[C@@H]2[C@@H]1CC(=O)C(=O)N2Cc1ccccc1.O=C1C[C@@H]2[C@@H](NCc3ccccc3)COC[C@H]2N(Cc2ccccc2)C1=O. The number of ether oxygens (including phenoxy) is 2. The third kappa shape index (κ3) is 7.68. The molecule has 0 aromatic heterocycles. The van der Waals surface area contributed by atoms with Crippen molar-refractivity contribution in [3.63, 3.8) is 0 Å². The quantitative estimate of drug-likeness (QED) is 0.378. The predicted molar refractivity (Wildman–Crippen MR) is 174 cm³/mol. The van der Waals surface area contributed by atoms with Crippen LogP contribution in [0.1, 0.15) is 29.5 Å². The molecule has 0 saturated carbocycles. The third-order valence-corrected chi connectivity index (χ3v) is 9.68. The zero-order valence-electron chi connectivity index (χ0n) is 26.4. The molecule has 6 atom stereocenters. The Morgan fingerprint density at radius 3 is 1.57 bits per heavy atom.